The summed E-state index contributed by atoms with van der Waals surface area (Å²) in [4.78, 5) is 34.6. The maximum atomic E-state index is 13.4. The second-order valence-electron chi connectivity index (χ2n) is 10.1. The molecule has 2 aliphatic heterocycles. The lowest BCUT2D eigenvalue weighted by atomic mass is 9.86. The average molecular weight is 444 g/mol. The van der Waals surface area contributed by atoms with E-state index in [1.807, 2.05) is 21.9 Å². The molecule has 0 spiro atoms. The van der Waals surface area contributed by atoms with Crippen LogP contribution in [-0.4, -0.2) is 110 Å². The number of piperazine rings is 2. The molecule has 2 fully saturated rings. The maximum absolute atomic E-state index is 13.4. The van der Waals surface area contributed by atoms with E-state index in [-0.39, 0.29) is 17.2 Å². The first kappa shape index (κ1) is 24.7. The largest absolute Gasteiger partial charge is 0.340 e. The van der Waals surface area contributed by atoms with Gasteiger partial charge in [0, 0.05) is 84.0 Å². The molecule has 7 nitrogen and oxygen atoms in total. The van der Waals surface area contributed by atoms with Crippen molar-refractivity contribution in [2.75, 3.05) is 79.0 Å². The van der Waals surface area contributed by atoms with Gasteiger partial charge in [0.25, 0.3) is 5.91 Å². The van der Waals surface area contributed by atoms with Gasteiger partial charge in [-0.1, -0.05) is 32.9 Å². The maximum Gasteiger partial charge on any atom is 0.253 e. The van der Waals surface area contributed by atoms with E-state index in [1.165, 1.54) is 5.56 Å². The predicted octanol–water partition coefficient (Wildman–Crippen LogP) is 1.50. The Kier molecular flexibility index (Phi) is 8.68. The fourth-order valence-corrected chi connectivity index (χ4v) is 4.25. The molecule has 1 N–H and O–H groups in total. The van der Waals surface area contributed by atoms with Gasteiger partial charge in [0.1, 0.15) is 0 Å². The van der Waals surface area contributed by atoms with Gasteiger partial charge in [-0.25, -0.2) is 0 Å². The molecule has 2 amide bonds. The SMILES string of the molecule is CN1CCN(CCN(CCC(=O)N2CCNCC2)C(=O)c2ccc(C(C)(C)C)cc2)CC1. The Morgan fingerprint density at radius 2 is 1.56 bits per heavy atom. The summed E-state index contributed by atoms with van der Waals surface area (Å²) in [6.45, 7) is 15.9. The number of hydrogen-bond acceptors (Lipinski definition) is 5. The molecule has 0 aliphatic carbocycles. The van der Waals surface area contributed by atoms with E-state index in [4.69, 9.17) is 0 Å². The Balaban J connectivity index is 1.64. The third kappa shape index (κ3) is 7.02. The summed E-state index contributed by atoms with van der Waals surface area (Å²) < 4.78 is 0. The number of rotatable bonds is 7. The standard InChI is InChI=1S/C25H41N5O2/c1-25(2,3)22-7-5-21(6-8-22)24(32)30(20-19-28-17-15-27(4)16-18-28)12-9-23(31)29-13-10-26-11-14-29/h5-8,26H,9-20H2,1-4H3. The molecule has 2 aliphatic rings. The van der Waals surface area contributed by atoms with Crippen molar-refractivity contribution in [2.45, 2.75) is 32.6 Å². The summed E-state index contributed by atoms with van der Waals surface area (Å²) in [5.74, 6) is 0.166. The third-order valence-corrected chi connectivity index (χ3v) is 6.63. The first-order chi connectivity index (χ1) is 15.2. The van der Waals surface area contributed by atoms with E-state index in [0.717, 1.165) is 58.9 Å². The van der Waals surface area contributed by atoms with Gasteiger partial charge in [-0.2, -0.15) is 0 Å². The second-order valence-corrected chi connectivity index (χ2v) is 10.1. The summed E-state index contributed by atoms with van der Waals surface area (Å²) in [5, 5.41) is 3.28. The first-order valence-electron chi connectivity index (χ1n) is 12.0. The molecule has 7 heteroatoms. The average Bonchev–Trinajstić information content (AvgIpc) is 2.79. The fraction of sp³-hybridized carbons (Fsp3) is 0.680. The van der Waals surface area contributed by atoms with Gasteiger partial charge >= 0.3 is 0 Å². The monoisotopic (exact) mass is 443 g/mol. The smallest absolute Gasteiger partial charge is 0.253 e. The zero-order valence-electron chi connectivity index (χ0n) is 20.4. The predicted molar refractivity (Wildman–Crippen MR) is 129 cm³/mol. The molecule has 2 saturated heterocycles. The molecule has 0 unspecified atom stereocenters. The Labute approximate surface area is 193 Å². The van der Waals surface area contributed by atoms with E-state index in [9.17, 15) is 9.59 Å². The van der Waals surface area contributed by atoms with Crippen molar-refractivity contribution in [3.63, 3.8) is 0 Å². The normalized spacial score (nSPS) is 18.6. The van der Waals surface area contributed by atoms with Crippen LogP contribution in [-0.2, 0) is 10.2 Å². The number of benzene rings is 1. The summed E-state index contributed by atoms with van der Waals surface area (Å²) in [5.41, 5.74) is 1.97. The van der Waals surface area contributed by atoms with Crippen molar-refractivity contribution in [1.29, 1.82) is 0 Å². The van der Waals surface area contributed by atoms with E-state index < -0.39 is 0 Å². The van der Waals surface area contributed by atoms with Crippen molar-refractivity contribution >= 4 is 11.8 Å². The van der Waals surface area contributed by atoms with Crippen LogP contribution >= 0.6 is 0 Å². The lowest BCUT2D eigenvalue weighted by molar-refractivity contribution is -0.131. The summed E-state index contributed by atoms with van der Waals surface area (Å²) in [6, 6.07) is 7.98. The van der Waals surface area contributed by atoms with Gasteiger partial charge in [-0.3, -0.25) is 14.5 Å². The van der Waals surface area contributed by atoms with Crippen molar-refractivity contribution in [1.82, 2.24) is 24.9 Å². The lowest BCUT2D eigenvalue weighted by Gasteiger charge is -2.34. The van der Waals surface area contributed by atoms with Crippen molar-refractivity contribution in [3.05, 3.63) is 35.4 Å². The van der Waals surface area contributed by atoms with E-state index in [2.05, 4.69) is 55.1 Å². The van der Waals surface area contributed by atoms with Crippen LogP contribution in [0.2, 0.25) is 0 Å². The van der Waals surface area contributed by atoms with Crippen molar-refractivity contribution < 1.29 is 9.59 Å². The Bertz CT molecular complexity index is 745. The van der Waals surface area contributed by atoms with Crippen LogP contribution in [0.3, 0.4) is 0 Å². The summed E-state index contributed by atoms with van der Waals surface area (Å²) in [6.07, 6.45) is 0.383. The number of nitrogens with zero attached hydrogens (tertiary/aromatic N) is 4. The second kappa shape index (κ2) is 11.3. The Morgan fingerprint density at radius 3 is 2.16 bits per heavy atom. The number of amides is 2. The molecule has 2 heterocycles. The molecule has 1 aromatic carbocycles. The topological polar surface area (TPSA) is 59.1 Å². The molecule has 1 aromatic rings. The number of likely N-dealkylation sites (N-methyl/N-ethyl adjacent to an activating group) is 1. The highest BCUT2D eigenvalue weighted by Gasteiger charge is 2.23. The quantitative estimate of drug-likeness (QED) is 0.692. The van der Waals surface area contributed by atoms with Gasteiger partial charge in [-0.15, -0.1) is 0 Å². The molecule has 0 saturated carbocycles. The molecule has 32 heavy (non-hydrogen) atoms. The van der Waals surface area contributed by atoms with E-state index in [1.54, 1.807) is 0 Å². The van der Waals surface area contributed by atoms with E-state index >= 15 is 0 Å². The summed E-state index contributed by atoms with van der Waals surface area (Å²) >= 11 is 0. The zero-order valence-corrected chi connectivity index (χ0v) is 20.4. The molecule has 3 rings (SSSR count). The number of carbonyl (C=O) groups excluding carboxylic acids is 2. The lowest BCUT2D eigenvalue weighted by Crippen LogP contribution is -2.49. The van der Waals surface area contributed by atoms with Crippen molar-refractivity contribution in [2.24, 2.45) is 0 Å². The van der Waals surface area contributed by atoms with Crippen LogP contribution in [0.15, 0.2) is 24.3 Å². The molecule has 178 valence electrons. The van der Waals surface area contributed by atoms with Crippen molar-refractivity contribution in [3.8, 4) is 0 Å². The van der Waals surface area contributed by atoms with Crippen LogP contribution in [0.5, 0.6) is 0 Å². The van der Waals surface area contributed by atoms with Crippen LogP contribution in [0.25, 0.3) is 0 Å². The van der Waals surface area contributed by atoms with Gasteiger partial charge in [0.2, 0.25) is 5.91 Å². The van der Waals surface area contributed by atoms with Crippen LogP contribution in [0, 0.1) is 0 Å². The molecular weight excluding hydrogens is 402 g/mol. The first-order valence-corrected chi connectivity index (χ1v) is 12.0. The number of nitrogens with one attached hydrogen (secondary N) is 1. The van der Waals surface area contributed by atoms with Crippen LogP contribution in [0.1, 0.15) is 43.1 Å². The third-order valence-electron chi connectivity index (χ3n) is 6.63. The summed E-state index contributed by atoms with van der Waals surface area (Å²) in [7, 11) is 2.15. The molecule has 0 bridgehead atoms. The van der Waals surface area contributed by atoms with Gasteiger partial charge in [0.05, 0.1) is 0 Å². The minimum absolute atomic E-state index is 0.0210. The zero-order chi connectivity index (χ0) is 23.1. The highest BCUT2D eigenvalue weighted by Crippen LogP contribution is 2.22. The minimum Gasteiger partial charge on any atom is -0.340 e. The Hall–Kier alpha value is -1.96. The fourth-order valence-electron chi connectivity index (χ4n) is 4.25. The minimum atomic E-state index is 0.0210. The van der Waals surface area contributed by atoms with Crippen LogP contribution in [0.4, 0.5) is 0 Å². The molecule has 0 radical (unpaired) electrons. The number of hydrogen-bond donors (Lipinski definition) is 1. The highest BCUT2D eigenvalue weighted by atomic mass is 16.2. The molecule has 0 aromatic heterocycles. The molecule has 0 atom stereocenters. The van der Waals surface area contributed by atoms with Gasteiger partial charge in [-0.05, 0) is 30.2 Å². The van der Waals surface area contributed by atoms with Crippen LogP contribution < -0.4 is 5.32 Å². The Morgan fingerprint density at radius 1 is 0.938 bits per heavy atom. The number of carbonyl (C=O) groups is 2. The van der Waals surface area contributed by atoms with Gasteiger partial charge < -0.3 is 20.0 Å². The van der Waals surface area contributed by atoms with E-state index in [0.29, 0.717) is 25.1 Å². The highest BCUT2D eigenvalue weighted by molar-refractivity contribution is 5.94. The molecular formula is C25H41N5O2. The van der Waals surface area contributed by atoms with Gasteiger partial charge in [0.15, 0.2) is 0 Å².